The van der Waals surface area contributed by atoms with Gasteiger partial charge < -0.3 is 0 Å². The molecule has 0 fully saturated rings. The number of carbonyl (C=O) groups excluding carboxylic acids is 1. The molecule has 0 unspecified atom stereocenters. The van der Waals surface area contributed by atoms with Gasteiger partial charge in [0, 0.05) is 16.6 Å². The maximum atomic E-state index is 11.6. The Morgan fingerprint density at radius 1 is 1.41 bits per heavy atom. The molecule has 4 heteroatoms. The van der Waals surface area contributed by atoms with Gasteiger partial charge in [-0.3, -0.25) is 9.48 Å². The Hall–Kier alpha value is -1.42. The minimum Gasteiger partial charge on any atom is -0.294 e. The number of hydrogen-bond acceptors (Lipinski definition) is 2. The van der Waals surface area contributed by atoms with Crippen LogP contribution in [0.1, 0.15) is 24.2 Å². The number of carbonyl (C=O) groups is 1. The molecule has 2 rings (SSSR count). The van der Waals surface area contributed by atoms with E-state index < -0.39 is 0 Å². The molecule has 1 aromatic carbocycles. The van der Waals surface area contributed by atoms with Crippen LogP contribution in [0.15, 0.2) is 34.9 Å². The Balaban J connectivity index is 2.69. The van der Waals surface area contributed by atoms with Gasteiger partial charge in [-0.15, -0.1) is 0 Å². The van der Waals surface area contributed by atoms with Crippen molar-refractivity contribution in [2.45, 2.75) is 20.4 Å². The van der Waals surface area contributed by atoms with E-state index in [-0.39, 0.29) is 5.78 Å². The lowest BCUT2D eigenvalue weighted by atomic mass is 10.1. The topological polar surface area (TPSA) is 34.9 Å². The lowest BCUT2D eigenvalue weighted by molar-refractivity contribution is 0.101. The van der Waals surface area contributed by atoms with Crippen LogP contribution in [0.5, 0.6) is 0 Å². The minimum atomic E-state index is 0.0375. The zero-order chi connectivity index (χ0) is 12.4. The molecule has 0 N–H and O–H groups in total. The van der Waals surface area contributed by atoms with E-state index in [1.807, 2.05) is 35.9 Å². The van der Waals surface area contributed by atoms with Crippen molar-refractivity contribution < 1.29 is 4.79 Å². The molecule has 88 valence electrons. The van der Waals surface area contributed by atoms with Gasteiger partial charge in [0.2, 0.25) is 0 Å². The summed E-state index contributed by atoms with van der Waals surface area (Å²) in [5, 5.41) is 4.25. The van der Waals surface area contributed by atoms with Crippen molar-refractivity contribution in [1.82, 2.24) is 9.78 Å². The summed E-state index contributed by atoms with van der Waals surface area (Å²) in [7, 11) is 0. The second-order valence-electron chi connectivity index (χ2n) is 3.76. The van der Waals surface area contributed by atoms with Gasteiger partial charge in [-0.05, 0) is 19.9 Å². The number of rotatable bonds is 3. The van der Waals surface area contributed by atoms with E-state index in [9.17, 15) is 4.79 Å². The SMILES string of the molecule is CCn1ncc(C(C)=O)c1-c1ccccc1Br. The van der Waals surface area contributed by atoms with Crippen molar-refractivity contribution in [2.75, 3.05) is 0 Å². The average molecular weight is 293 g/mol. The third-order valence-corrected chi connectivity index (χ3v) is 3.34. The predicted octanol–water partition coefficient (Wildman–Crippen LogP) is 3.54. The monoisotopic (exact) mass is 292 g/mol. The summed E-state index contributed by atoms with van der Waals surface area (Å²) in [6.07, 6.45) is 1.64. The Morgan fingerprint density at radius 2 is 2.12 bits per heavy atom. The highest BCUT2D eigenvalue weighted by Gasteiger charge is 2.16. The number of hydrogen-bond donors (Lipinski definition) is 0. The fourth-order valence-electron chi connectivity index (χ4n) is 1.82. The molecule has 3 nitrogen and oxygen atoms in total. The number of nitrogens with zero attached hydrogens (tertiary/aromatic N) is 2. The van der Waals surface area contributed by atoms with E-state index in [2.05, 4.69) is 21.0 Å². The van der Waals surface area contributed by atoms with Crippen molar-refractivity contribution in [3.63, 3.8) is 0 Å². The van der Waals surface area contributed by atoms with Gasteiger partial charge in [0.15, 0.2) is 5.78 Å². The van der Waals surface area contributed by atoms with Crippen LogP contribution in [0.4, 0.5) is 0 Å². The quantitative estimate of drug-likeness (QED) is 0.811. The first kappa shape index (κ1) is 12.0. The van der Waals surface area contributed by atoms with Crippen molar-refractivity contribution in [1.29, 1.82) is 0 Å². The first-order valence-electron chi connectivity index (χ1n) is 5.46. The number of benzene rings is 1. The van der Waals surface area contributed by atoms with Crippen LogP contribution in [0.25, 0.3) is 11.3 Å². The Bertz CT molecular complexity index is 560. The summed E-state index contributed by atoms with van der Waals surface area (Å²) >= 11 is 3.51. The first-order chi connectivity index (χ1) is 8.15. The molecule has 2 aromatic rings. The van der Waals surface area contributed by atoms with Crippen LogP contribution in [0.2, 0.25) is 0 Å². The molecule has 17 heavy (non-hydrogen) atoms. The number of ketones is 1. The van der Waals surface area contributed by atoms with Crippen LogP contribution in [0.3, 0.4) is 0 Å². The lowest BCUT2D eigenvalue weighted by Gasteiger charge is -2.08. The molecular formula is C13H13BrN2O. The number of Topliss-reactive ketones (excluding diaryl/α,β-unsaturated/α-hetero) is 1. The van der Waals surface area contributed by atoms with Crippen molar-refractivity contribution >= 4 is 21.7 Å². The van der Waals surface area contributed by atoms with E-state index in [1.165, 1.54) is 0 Å². The fraction of sp³-hybridized carbons (Fsp3) is 0.231. The van der Waals surface area contributed by atoms with Crippen LogP contribution in [-0.4, -0.2) is 15.6 Å². The highest BCUT2D eigenvalue weighted by atomic mass is 79.9. The van der Waals surface area contributed by atoms with Gasteiger partial charge in [-0.1, -0.05) is 34.1 Å². The summed E-state index contributed by atoms with van der Waals surface area (Å²) in [5.74, 6) is 0.0375. The zero-order valence-corrected chi connectivity index (χ0v) is 11.4. The maximum Gasteiger partial charge on any atom is 0.163 e. The third kappa shape index (κ3) is 2.17. The molecular weight excluding hydrogens is 280 g/mol. The predicted molar refractivity (Wildman–Crippen MR) is 71.0 cm³/mol. The van der Waals surface area contributed by atoms with Gasteiger partial charge in [0.25, 0.3) is 0 Å². The Labute approximate surface area is 109 Å². The molecule has 0 aliphatic carbocycles. The van der Waals surface area contributed by atoms with E-state index in [1.54, 1.807) is 13.1 Å². The van der Waals surface area contributed by atoms with Gasteiger partial charge in [0.1, 0.15) is 0 Å². The zero-order valence-electron chi connectivity index (χ0n) is 9.77. The highest BCUT2D eigenvalue weighted by molar-refractivity contribution is 9.10. The number of aromatic nitrogens is 2. The molecule has 0 atom stereocenters. The van der Waals surface area contributed by atoms with E-state index in [4.69, 9.17) is 0 Å². The van der Waals surface area contributed by atoms with Crippen molar-refractivity contribution in [2.24, 2.45) is 0 Å². The van der Waals surface area contributed by atoms with Gasteiger partial charge in [-0.25, -0.2) is 0 Å². The molecule has 0 amide bonds. The van der Waals surface area contributed by atoms with E-state index in [0.717, 1.165) is 22.3 Å². The Kier molecular flexibility index (Phi) is 3.43. The number of aryl methyl sites for hydroxylation is 1. The largest absolute Gasteiger partial charge is 0.294 e. The summed E-state index contributed by atoms with van der Waals surface area (Å²) in [4.78, 5) is 11.6. The van der Waals surface area contributed by atoms with Crippen LogP contribution in [0, 0.1) is 0 Å². The average Bonchev–Trinajstić information content (AvgIpc) is 2.73. The molecule has 0 aliphatic heterocycles. The lowest BCUT2D eigenvalue weighted by Crippen LogP contribution is -2.02. The normalized spacial score (nSPS) is 10.5. The molecule has 0 bridgehead atoms. The Morgan fingerprint density at radius 3 is 2.71 bits per heavy atom. The summed E-state index contributed by atoms with van der Waals surface area (Å²) in [5.41, 5.74) is 2.54. The molecule has 0 aliphatic rings. The maximum absolute atomic E-state index is 11.6. The van der Waals surface area contributed by atoms with Crippen molar-refractivity contribution in [3.05, 3.63) is 40.5 Å². The smallest absolute Gasteiger partial charge is 0.163 e. The molecule has 0 saturated carbocycles. The van der Waals surface area contributed by atoms with Crippen LogP contribution in [-0.2, 0) is 6.54 Å². The summed E-state index contributed by atoms with van der Waals surface area (Å²) in [6.45, 7) is 4.32. The van der Waals surface area contributed by atoms with Gasteiger partial charge >= 0.3 is 0 Å². The van der Waals surface area contributed by atoms with E-state index in [0.29, 0.717) is 5.56 Å². The summed E-state index contributed by atoms with van der Waals surface area (Å²) < 4.78 is 2.81. The van der Waals surface area contributed by atoms with Gasteiger partial charge in [0.05, 0.1) is 17.5 Å². The van der Waals surface area contributed by atoms with Gasteiger partial charge in [-0.2, -0.15) is 5.10 Å². The van der Waals surface area contributed by atoms with Crippen LogP contribution < -0.4 is 0 Å². The second-order valence-corrected chi connectivity index (χ2v) is 4.61. The first-order valence-corrected chi connectivity index (χ1v) is 6.26. The molecule has 0 spiro atoms. The minimum absolute atomic E-state index is 0.0375. The van der Waals surface area contributed by atoms with Crippen LogP contribution >= 0.6 is 15.9 Å². The standard InChI is InChI=1S/C13H13BrN2O/c1-3-16-13(11(8-15-16)9(2)17)10-6-4-5-7-12(10)14/h4-8H,3H2,1-2H3. The number of halogens is 1. The third-order valence-electron chi connectivity index (χ3n) is 2.65. The van der Waals surface area contributed by atoms with E-state index >= 15 is 0 Å². The highest BCUT2D eigenvalue weighted by Crippen LogP contribution is 2.30. The fourth-order valence-corrected chi connectivity index (χ4v) is 2.29. The van der Waals surface area contributed by atoms with Crippen molar-refractivity contribution in [3.8, 4) is 11.3 Å². The molecule has 1 aromatic heterocycles. The summed E-state index contributed by atoms with van der Waals surface area (Å²) in [6, 6.07) is 7.86. The molecule has 0 radical (unpaired) electrons. The molecule has 1 heterocycles. The second kappa shape index (κ2) is 4.84. The molecule has 0 saturated heterocycles.